The first-order valence-corrected chi connectivity index (χ1v) is 8.09. The van der Waals surface area contributed by atoms with Gasteiger partial charge in [0.2, 0.25) is 5.91 Å². The van der Waals surface area contributed by atoms with Crippen LogP contribution in [-0.4, -0.2) is 48.6 Å². The summed E-state index contributed by atoms with van der Waals surface area (Å²) in [5.41, 5.74) is 1.00. The second-order valence-electron chi connectivity index (χ2n) is 5.95. The van der Waals surface area contributed by atoms with Crippen molar-refractivity contribution in [2.75, 3.05) is 31.6 Å². The summed E-state index contributed by atoms with van der Waals surface area (Å²) >= 11 is 0. The Labute approximate surface area is 132 Å². The summed E-state index contributed by atoms with van der Waals surface area (Å²) in [7, 11) is 1.91. The van der Waals surface area contributed by atoms with Gasteiger partial charge in [0, 0.05) is 37.3 Å². The Balaban J connectivity index is 1.79. The average Bonchev–Trinajstić information content (AvgIpc) is 2.47. The fraction of sp³-hybridized carbons (Fsp3) is 0.688. The number of amides is 1. The fourth-order valence-corrected chi connectivity index (χ4v) is 2.84. The topological polar surface area (TPSA) is 70.2 Å². The highest BCUT2D eigenvalue weighted by atomic mass is 16.1. The van der Waals surface area contributed by atoms with E-state index < -0.39 is 0 Å². The molecule has 122 valence electrons. The van der Waals surface area contributed by atoms with E-state index in [0.29, 0.717) is 12.5 Å². The van der Waals surface area contributed by atoms with Gasteiger partial charge in [-0.15, -0.1) is 0 Å². The van der Waals surface area contributed by atoms with Crippen LogP contribution in [0.4, 0.5) is 5.82 Å². The Hall–Kier alpha value is -1.69. The molecule has 6 nitrogen and oxygen atoms in total. The minimum Gasteiger partial charge on any atom is -0.356 e. The third kappa shape index (κ3) is 4.94. The zero-order chi connectivity index (χ0) is 15.9. The van der Waals surface area contributed by atoms with Gasteiger partial charge in [0.15, 0.2) is 0 Å². The summed E-state index contributed by atoms with van der Waals surface area (Å²) in [6, 6.07) is 2.33. The molecule has 0 aliphatic carbocycles. The van der Waals surface area contributed by atoms with Crippen molar-refractivity contribution in [2.45, 2.75) is 45.6 Å². The first kappa shape index (κ1) is 16.7. The molecule has 0 unspecified atom stereocenters. The predicted octanol–water partition coefficient (Wildman–Crippen LogP) is 1.18. The maximum absolute atomic E-state index is 11.9. The van der Waals surface area contributed by atoms with Crippen LogP contribution in [0.5, 0.6) is 0 Å². The molecule has 1 amide bonds. The molecule has 1 aliphatic rings. The minimum absolute atomic E-state index is 0.169. The number of carbonyl (C=O) groups excluding carboxylic acids is 1. The highest BCUT2D eigenvalue weighted by Gasteiger charge is 2.21. The largest absolute Gasteiger partial charge is 0.356 e. The summed E-state index contributed by atoms with van der Waals surface area (Å²) in [5, 5.41) is 6.21. The molecule has 2 heterocycles. The molecule has 0 atom stereocenters. The van der Waals surface area contributed by atoms with Crippen molar-refractivity contribution in [3.05, 3.63) is 17.6 Å². The maximum atomic E-state index is 11.9. The number of rotatable bonds is 6. The van der Waals surface area contributed by atoms with Gasteiger partial charge in [-0.05, 0) is 46.7 Å². The summed E-state index contributed by atoms with van der Waals surface area (Å²) in [6.45, 7) is 6.66. The molecule has 1 aromatic rings. The molecule has 0 aromatic carbocycles. The molecule has 1 saturated heterocycles. The van der Waals surface area contributed by atoms with Gasteiger partial charge in [-0.1, -0.05) is 0 Å². The first-order valence-electron chi connectivity index (χ1n) is 8.09. The maximum Gasteiger partial charge on any atom is 0.220 e. The summed E-state index contributed by atoms with van der Waals surface area (Å²) < 4.78 is 0. The summed E-state index contributed by atoms with van der Waals surface area (Å²) in [6.07, 6.45) is 3.44. The molecule has 0 radical (unpaired) electrons. The Morgan fingerprint density at radius 2 is 2.05 bits per heavy atom. The van der Waals surface area contributed by atoms with Crippen molar-refractivity contribution in [3.8, 4) is 0 Å². The van der Waals surface area contributed by atoms with Crippen LogP contribution in [0.25, 0.3) is 0 Å². The molecule has 1 aliphatic heterocycles. The molecular weight excluding hydrogens is 278 g/mol. The second kappa shape index (κ2) is 8.08. The third-order valence-corrected chi connectivity index (χ3v) is 3.97. The number of nitrogens with one attached hydrogen (secondary N) is 2. The molecule has 0 saturated carbocycles. The molecule has 0 bridgehead atoms. The van der Waals surface area contributed by atoms with Crippen LogP contribution in [0.1, 0.15) is 37.2 Å². The smallest absolute Gasteiger partial charge is 0.220 e. The number of nitrogens with zero attached hydrogens (tertiary/aromatic N) is 3. The molecular formula is C16H27N5O. The molecule has 22 heavy (non-hydrogen) atoms. The standard InChI is InChI=1S/C16H27N5O/c1-12-11-15(19-13(2)18-12)21-9-6-14(7-10-21)20-16(22)5-4-8-17-3/h11,14,17H,4-10H2,1-3H3,(H,20,22). The van der Waals surface area contributed by atoms with Crippen LogP contribution in [-0.2, 0) is 4.79 Å². The van der Waals surface area contributed by atoms with Gasteiger partial charge in [0.25, 0.3) is 0 Å². The number of piperidine rings is 1. The quantitative estimate of drug-likeness (QED) is 0.772. The third-order valence-electron chi connectivity index (χ3n) is 3.97. The zero-order valence-electron chi connectivity index (χ0n) is 13.9. The number of hydrogen-bond donors (Lipinski definition) is 2. The van der Waals surface area contributed by atoms with Crippen molar-refractivity contribution in [1.29, 1.82) is 0 Å². The molecule has 6 heteroatoms. The Bertz CT molecular complexity index is 477. The Morgan fingerprint density at radius 3 is 2.68 bits per heavy atom. The minimum atomic E-state index is 0.169. The summed E-state index contributed by atoms with van der Waals surface area (Å²) in [4.78, 5) is 23.0. The van der Waals surface area contributed by atoms with Crippen LogP contribution >= 0.6 is 0 Å². The van der Waals surface area contributed by atoms with Gasteiger partial charge in [0.1, 0.15) is 11.6 Å². The summed E-state index contributed by atoms with van der Waals surface area (Å²) in [5.74, 6) is 1.99. The Kier molecular flexibility index (Phi) is 6.12. The van der Waals surface area contributed by atoms with E-state index in [2.05, 4.69) is 25.5 Å². The lowest BCUT2D eigenvalue weighted by atomic mass is 10.0. The Morgan fingerprint density at radius 1 is 1.32 bits per heavy atom. The number of anilines is 1. The van der Waals surface area contributed by atoms with Gasteiger partial charge in [0.05, 0.1) is 0 Å². The second-order valence-corrected chi connectivity index (χ2v) is 5.95. The molecule has 0 spiro atoms. The van der Waals surface area contributed by atoms with E-state index in [4.69, 9.17) is 0 Å². The van der Waals surface area contributed by atoms with Crippen molar-refractivity contribution in [1.82, 2.24) is 20.6 Å². The molecule has 2 rings (SSSR count). The van der Waals surface area contributed by atoms with Crippen LogP contribution in [0.2, 0.25) is 0 Å². The van der Waals surface area contributed by atoms with E-state index in [1.165, 1.54) is 0 Å². The first-order chi connectivity index (χ1) is 10.6. The highest BCUT2D eigenvalue weighted by Crippen LogP contribution is 2.18. The molecule has 1 fully saturated rings. The zero-order valence-corrected chi connectivity index (χ0v) is 13.9. The van der Waals surface area contributed by atoms with E-state index in [1.807, 2.05) is 27.0 Å². The van der Waals surface area contributed by atoms with Gasteiger partial charge in [-0.3, -0.25) is 4.79 Å². The van der Waals surface area contributed by atoms with Gasteiger partial charge in [-0.2, -0.15) is 0 Å². The lowest BCUT2D eigenvalue weighted by molar-refractivity contribution is -0.122. The SMILES string of the molecule is CNCCCC(=O)NC1CCN(c2cc(C)nc(C)n2)CC1. The van der Waals surface area contributed by atoms with Crippen LogP contribution in [0.15, 0.2) is 6.07 Å². The van der Waals surface area contributed by atoms with Crippen molar-refractivity contribution < 1.29 is 4.79 Å². The molecule has 2 N–H and O–H groups in total. The number of aromatic nitrogens is 2. The highest BCUT2D eigenvalue weighted by molar-refractivity contribution is 5.76. The fourth-order valence-electron chi connectivity index (χ4n) is 2.84. The monoisotopic (exact) mass is 305 g/mol. The number of aryl methyl sites for hydroxylation is 2. The van der Waals surface area contributed by atoms with Crippen LogP contribution < -0.4 is 15.5 Å². The van der Waals surface area contributed by atoms with Gasteiger partial charge >= 0.3 is 0 Å². The number of carbonyl (C=O) groups is 1. The van der Waals surface area contributed by atoms with E-state index >= 15 is 0 Å². The average molecular weight is 305 g/mol. The lowest BCUT2D eigenvalue weighted by Gasteiger charge is -2.33. The van der Waals surface area contributed by atoms with Crippen molar-refractivity contribution in [2.24, 2.45) is 0 Å². The lowest BCUT2D eigenvalue weighted by Crippen LogP contribution is -2.45. The normalized spacial score (nSPS) is 15.9. The van der Waals surface area contributed by atoms with Crippen LogP contribution in [0, 0.1) is 13.8 Å². The van der Waals surface area contributed by atoms with Gasteiger partial charge in [-0.25, -0.2) is 9.97 Å². The van der Waals surface area contributed by atoms with E-state index in [0.717, 1.165) is 56.2 Å². The van der Waals surface area contributed by atoms with Crippen molar-refractivity contribution in [3.63, 3.8) is 0 Å². The predicted molar refractivity (Wildman–Crippen MR) is 88.0 cm³/mol. The molecule has 1 aromatic heterocycles. The van der Waals surface area contributed by atoms with E-state index in [1.54, 1.807) is 0 Å². The van der Waals surface area contributed by atoms with E-state index in [-0.39, 0.29) is 5.91 Å². The van der Waals surface area contributed by atoms with Crippen LogP contribution in [0.3, 0.4) is 0 Å². The van der Waals surface area contributed by atoms with E-state index in [9.17, 15) is 4.79 Å². The van der Waals surface area contributed by atoms with Crippen molar-refractivity contribution >= 4 is 11.7 Å². The van der Waals surface area contributed by atoms with Gasteiger partial charge < -0.3 is 15.5 Å². The number of hydrogen-bond acceptors (Lipinski definition) is 5.